The van der Waals surface area contributed by atoms with Crippen LogP contribution < -0.4 is 0 Å². The lowest BCUT2D eigenvalue weighted by molar-refractivity contribution is 0.101. The van der Waals surface area contributed by atoms with Crippen LogP contribution in [0.15, 0.2) is 34.8 Å². The number of ether oxygens (including phenoxy) is 1. The van der Waals surface area contributed by atoms with E-state index in [0.717, 1.165) is 22.4 Å². The molecule has 0 N–H and O–H groups in total. The monoisotopic (exact) mass is 308 g/mol. The topological polar surface area (TPSA) is 27.1 Å². The second kappa shape index (κ2) is 6.16. The van der Waals surface area contributed by atoms with E-state index in [-0.39, 0.29) is 0 Å². The number of halogens is 1. The second-order valence-electron chi connectivity index (χ2n) is 4.14. The predicted molar refractivity (Wildman–Crippen MR) is 75.3 cm³/mol. The molecule has 0 bridgehead atoms. The summed E-state index contributed by atoms with van der Waals surface area (Å²) in [6, 6.07) is 10.2. The van der Waals surface area contributed by atoms with Gasteiger partial charge in [-0.05, 0) is 35.3 Å². The summed E-state index contributed by atoms with van der Waals surface area (Å²) >= 11 is 3.56. The van der Waals surface area contributed by atoms with Crippen LogP contribution >= 0.6 is 15.9 Å². The standard InChI is InChI=1S/C14H17BrN2O/c1-3-17-13(14(15)11(2)16-17)10-18-9-12-7-5-4-6-8-12/h4-8H,3,9-10H2,1-2H3. The van der Waals surface area contributed by atoms with Crippen molar-refractivity contribution in [2.45, 2.75) is 33.6 Å². The molecule has 2 aromatic rings. The molecule has 18 heavy (non-hydrogen) atoms. The Morgan fingerprint density at radius 2 is 1.94 bits per heavy atom. The number of hydrogen-bond donors (Lipinski definition) is 0. The molecule has 0 aliphatic heterocycles. The van der Waals surface area contributed by atoms with Gasteiger partial charge >= 0.3 is 0 Å². The third-order valence-electron chi connectivity index (χ3n) is 2.80. The van der Waals surface area contributed by atoms with E-state index < -0.39 is 0 Å². The zero-order chi connectivity index (χ0) is 13.0. The quantitative estimate of drug-likeness (QED) is 0.842. The molecule has 0 aliphatic carbocycles. The van der Waals surface area contributed by atoms with E-state index in [4.69, 9.17) is 4.74 Å². The highest BCUT2D eigenvalue weighted by Crippen LogP contribution is 2.22. The van der Waals surface area contributed by atoms with Gasteiger partial charge in [0.05, 0.1) is 29.1 Å². The smallest absolute Gasteiger partial charge is 0.0900 e. The van der Waals surface area contributed by atoms with Crippen molar-refractivity contribution in [1.29, 1.82) is 0 Å². The fourth-order valence-electron chi connectivity index (χ4n) is 1.85. The van der Waals surface area contributed by atoms with Gasteiger partial charge in [0.15, 0.2) is 0 Å². The van der Waals surface area contributed by atoms with E-state index in [1.165, 1.54) is 5.56 Å². The van der Waals surface area contributed by atoms with E-state index in [0.29, 0.717) is 13.2 Å². The molecule has 0 spiro atoms. The van der Waals surface area contributed by atoms with Crippen molar-refractivity contribution in [3.8, 4) is 0 Å². The molecule has 0 atom stereocenters. The Morgan fingerprint density at radius 3 is 2.61 bits per heavy atom. The zero-order valence-electron chi connectivity index (χ0n) is 10.7. The summed E-state index contributed by atoms with van der Waals surface area (Å²) in [4.78, 5) is 0. The minimum Gasteiger partial charge on any atom is -0.370 e. The number of aromatic nitrogens is 2. The first kappa shape index (κ1) is 13.3. The zero-order valence-corrected chi connectivity index (χ0v) is 12.3. The molecule has 0 saturated carbocycles. The van der Waals surface area contributed by atoms with Crippen LogP contribution in [0.3, 0.4) is 0 Å². The molecular formula is C14H17BrN2O. The van der Waals surface area contributed by atoms with Crippen LogP contribution in [0.1, 0.15) is 23.9 Å². The molecule has 4 heteroatoms. The van der Waals surface area contributed by atoms with Crippen molar-refractivity contribution in [3.63, 3.8) is 0 Å². The van der Waals surface area contributed by atoms with Gasteiger partial charge in [-0.3, -0.25) is 4.68 Å². The Kier molecular flexibility index (Phi) is 4.55. The third-order valence-corrected chi connectivity index (χ3v) is 3.83. The lowest BCUT2D eigenvalue weighted by atomic mass is 10.2. The highest BCUT2D eigenvalue weighted by atomic mass is 79.9. The van der Waals surface area contributed by atoms with Gasteiger partial charge in [-0.2, -0.15) is 5.10 Å². The molecule has 0 amide bonds. The summed E-state index contributed by atoms with van der Waals surface area (Å²) in [5, 5.41) is 4.44. The van der Waals surface area contributed by atoms with Gasteiger partial charge in [0.1, 0.15) is 0 Å². The maximum atomic E-state index is 5.75. The third kappa shape index (κ3) is 3.00. The Balaban J connectivity index is 1.98. The average molecular weight is 309 g/mol. The number of rotatable bonds is 5. The van der Waals surface area contributed by atoms with Gasteiger partial charge < -0.3 is 4.74 Å². The molecule has 0 fully saturated rings. The highest BCUT2D eigenvalue weighted by molar-refractivity contribution is 9.10. The second-order valence-corrected chi connectivity index (χ2v) is 4.93. The van der Waals surface area contributed by atoms with Crippen LogP contribution in [0.25, 0.3) is 0 Å². The average Bonchev–Trinajstić information content (AvgIpc) is 2.67. The summed E-state index contributed by atoms with van der Waals surface area (Å²) in [5.41, 5.74) is 3.30. The number of hydrogen-bond acceptors (Lipinski definition) is 2. The van der Waals surface area contributed by atoms with Crippen LogP contribution in [-0.4, -0.2) is 9.78 Å². The summed E-state index contributed by atoms with van der Waals surface area (Å²) in [7, 11) is 0. The van der Waals surface area contributed by atoms with Gasteiger partial charge in [-0.25, -0.2) is 0 Å². The van der Waals surface area contributed by atoms with Crippen LogP contribution in [0.2, 0.25) is 0 Å². The predicted octanol–water partition coefficient (Wildman–Crippen LogP) is 3.69. The van der Waals surface area contributed by atoms with Crippen molar-refractivity contribution < 1.29 is 4.74 Å². The molecule has 0 saturated heterocycles. The normalized spacial score (nSPS) is 10.8. The van der Waals surface area contributed by atoms with Crippen LogP contribution in [0.5, 0.6) is 0 Å². The highest BCUT2D eigenvalue weighted by Gasteiger charge is 2.11. The molecule has 96 valence electrons. The number of benzene rings is 1. The molecular weight excluding hydrogens is 292 g/mol. The Hall–Kier alpha value is -1.13. The molecule has 0 unspecified atom stereocenters. The van der Waals surface area contributed by atoms with Crippen molar-refractivity contribution >= 4 is 15.9 Å². The first-order valence-electron chi connectivity index (χ1n) is 6.05. The first-order chi connectivity index (χ1) is 8.72. The van der Waals surface area contributed by atoms with Crippen molar-refractivity contribution in [2.75, 3.05) is 0 Å². The summed E-state index contributed by atoms with van der Waals surface area (Å²) in [5.74, 6) is 0. The van der Waals surface area contributed by atoms with Gasteiger partial charge in [-0.1, -0.05) is 30.3 Å². The van der Waals surface area contributed by atoms with Crippen molar-refractivity contribution in [2.24, 2.45) is 0 Å². The minimum absolute atomic E-state index is 0.574. The SMILES string of the molecule is CCn1nc(C)c(Br)c1COCc1ccccc1. The fourth-order valence-corrected chi connectivity index (χ4v) is 2.25. The molecule has 1 aromatic heterocycles. The van der Waals surface area contributed by atoms with Crippen LogP contribution in [0, 0.1) is 6.92 Å². The molecule has 1 aromatic carbocycles. The maximum Gasteiger partial charge on any atom is 0.0900 e. The fraction of sp³-hybridized carbons (Fsp3) is 0.357. The van der Waals surface area contributed by atoms with Gasteiger partial charge in [0.2, 0.25) is 0 Å². The molecule has 1 heterocycles. The Labute approximate surface area is 116 Å². The minimum atomic E-state index is 0.574. The van der Waals surface area contributed by atoms with Crippen molar-refractivity contribution in [3.05, 3.63) is 51.8 Å². The van der Waals surface area contributed by atoms with E-state index in [2.05, 4.69) is 40.1 Å². The Bertz CT molecular complexity index is 508. The van der Waals surface area contributed by atoms with Crippen LogP contribution in [-0.2, 0) is 24.5 Å². The first-order valence-corrected chi connectivity index (χ1v) is 6.85. The summed E-state index contributed by atoms with van der Waals surface area (Å²) in [6.07, 6.45) is 0. The molecule has 2 rings (SSSR count). The van der Waals surface area contributed by atoms with Crippen LogP contribution in [0.4, 0.5) is 0 Å². The lowest BCUT2D eigenvalue weighted by Gasteiger charge is -2.07. The number of aryl methyl sites for hydroxylation is 2. The van der Waals surface area contributed by atoms with E-state index in [1.807, 2.05) is 29.8 Å². The van der Waals surface area contributed by atoms with Gasteiger partial charge in [0.25, 0.3) is 0 Å². The van der Waals surface area contributed by atoms with E-state index in [1.54, 1.807) is 0 Å². The van der Waals surface area contributed by atoms with E-state index >= 15 is 0 Å². The summed E-state index contributed by atoms with van der Waals surface area (Å²) < 4.78 is 8.78. The number of nitrogens with zero attached hydrogens (tertiary/aromatic N) is 2. The molecule has 0 aliphatic rings. The van der Waals surface area contributed by atoms with Gasteiger partial charge in [0, 0.05) is 6.54 Å². The molecule has 0 radical (unpaired) electrons. The molecule has 3 nitrogen and oxygen atoms in total. The lowest BCUT2D eigenvalue weighted by Crippen LogP contribution is -2.05. The Morgan fingerprint density at radius 1 is 1.22 bits per heavy atom. The van der Waals surface area contributed by atoms with E-state index in [9.17, 15) is 0 Å². The summed E-state index contributed by atoms with van der Waals surface area (Å²) in [6.45, 7) is 6.14. The van der Waals surface area contributed by atoms with Crippen molar-refractivity contribution in [1.82, 2.24) is 9.78 Å². The van der Waals surface area contributed by atoms with Gasteiger partial charge in [-0.15, -0.1) is 0 Å². The largest absolute Gasteiger partial charge is 0.370 e. The maximum absolute atomic E-state index is 5.75.